The van der Waals surface area contributed by atoms with E-state index in [-0.39, 0.29) is 23.9 Å². The maximum atomic E-state index is 12.6. The number of aliphatic carboxylic acids is 1. The van der Waals surface area contributed by atoms with Crippen LogP contribution in [-0.4, -0.2) is 28.1 Å². The number of carboxylic acids is 1. The molecule has 2 aromatic carbocycles. The van der Waals surface area contributed by atoms with Crippen LogP contribution in [0.2, 0.25) is 0 Å². The molecule has 3 aromatic rings. The van der Waals surface area contributed by atoms with Gasteiger partial charge >= 0.3 is 24.5 Å². The van der Waals surface area contributed by atoms with Crippen molar-refractivity contribution in [3.8, 4) is 11.6 Å². The minimum absolute atomic E-state index is 0.00155. The number of alkyl halides is 9. The zero-order valence-corrected chi connectivity index (χ0v) is 19.3. The van der Waals surface area contributed by atoms with Crippen LogP contribution >= 0.6 is 0 Å². The lowest BCUT2D eigenvalue weighted by molar-refractivity contribution is -0.192. The average molecular weight is 568 g/mol. The highest BCUT2D eigenvalue weighted by molar-refractivity contribution is 5.90. The van der Waals surface area contributed by atoms with Crippen LogP contribution in [0.3, 0.4) is 0 Å². The van der Waals surface area contributed by atoms with Gasteiger partial charge in [-0.25, -0.2) is 9.78 Å². The first kappa shape index (κ1) is 30.9. The number of rotatable bonds is 6. The van der Waals surface area contributed by atoms with E-state index in [1.54, 1.807) is 24.3 Å². The minimum Gasteiger partial charge on any atom is -0.475 e. The Bertz CT molecular complexity index is 1240. The number of halogens is 9. The molecule has 0 aliphatic heterocycles. The topological polar surface area (TPSA) is 88.5 Å². The van der Waals surface area contributed by atoms with Gasteiger partial charge in [0.2, 0.25) is 11.8 Å². The molecule has 1 aromatic heterocycles. The molecule has 1 heterocycles. The van der Waals surface area contributed by atoms with Gasteiger partial charge in [-0.3, -0.25) is 4.79 Å². The Morgan fingerprint density at radius 1 is 0.769 bits per heavy atom. The van der Waals surface area contributed by atoms with E-state index in [2.05, 4.69) is 10.3 Å². The first-order chi connectivity index (χ1) is 17.9. The van der Waals surface area contributed by atoms with Gasteiger partial charge < -0.3 is 15.2 Å². The summed E-state index contributed by atoms with van der Waals surface area (Å²) < 4.78 is 112. The molecule has 0 bridgehead atoms. The summed E-state index contributed by atoms with van der Waals surface area (Å²) in [4.78, 5) is 24.5. The molecule has 1 amide bonds. The summed E-state index contributed by atoms with van der Waals surface area (Å²) in [5.74, 6) is -2.76. The Hall–Kier alpha value is -4.30. The lowest BCUT2D eigenvalue weighted by Gasteiger charge is -2.09. The number of aryl methyl sites for hydroxylation is 1. The summed E-state index contributed by atoms with van der Waals surface area (Å²) in [6, 6.07) is 12.7. The van der Waals surface area contributed by atoms with Crippen LogP contribution < -0.4 is 10.1 Å². The molecule has 0 fully saturated rings. The van der Waals surface area contributed by atoms with Crippen LogP contribution in [-0.2, 0) is 28.4 Å². The fourth-order valence-corrected chi connectivity index (χ4v) is 2.68. The molecular formula is C24H17F9N2O4. The lowest BCUT2D eigenvalue weighted by Crippen LogP contribution is -2.21. The Morgan fingerprint density at radius 2 is 1.28 bits per heavy atom. The molecule has 2 N–H and O–H groups in total. The van der Waals surface area contributed by atoms with Crippen molar-refractivity contribution in [1.82, 2.24) is 4.98 Å². The molecule has 210 valence electrons. The number of amides is 1. The van der Waals surface area contributed by atoms with Gasteiger partial charge in [-0.05, 0) is 54.4 Å². The van der Waals surface area contributed by atoms with E-state index in [9.17, 15) is 44.3 Å². The van der Waals surface area contributed by atoms with Crippen molar-refractivity contribution in [2.75, 3.05) is 5.32 Å². The van der Waals surface area contributed by atoms with Crippen molar-refractivity contribution < 1.29 is 58.9 Å². The number of carbonyl (C=O) groups is 2. The fourth-order valence-electron chi connectivity index (χ4n) is 2.68. The lowest BCUT2D eigenvalue weighted by atomic mass is 10.1. The maximum Gasteiger partial charge on any atom is 0.490 e. The highest BCUT2D eigenvalue weighted by atomic mass is 19.4. The number of anilines is 1. The molecule has 3 rings (SSSR count). The van der Waals surface area contributed by atoms with Crippen molar-refractivity contribution >= 4 is 17.6 Å². The van der Waals surface area contributed by atoms with Crippen LogP contribution in [0.5, 0.6) is 11.6 Å². The number of hydrogen-bond acceptors (Lipinski definition) is 4. The van der Waals surface area contributed by atoms with Gasteiger partial charge in [0.25, 0.3) is 0 Å². The summed E-state index contributed by atoms with van der Waals surface area (Å²) in [5, 5.41) is 9.66. The van der Waals surface area contributed by atoms with E-state index >= 15 is 0 Å². The smallest absolute Gasteiger partial charge is 0.475 e. The third kappa shape index (κ3) is 10.5. The number of carbonyl (C=O) groups excluding carboxylic acids is 1. The summed E-state index contributed by atoms with van der Waals surface area (Å²) in [5.41, 5.74) is -0.629. The van der Waals surface area contributed by atoms with Crippen LogP contribution in [0.25, 0.3) is 0 Å². The Labute approximate surface area is 214 Å². The van der Waals surface area contributed by atoms with E-state index in [0.717, 1.165) is 29.8 Å². The number of nitrogens with zero attached hydrogens (tertiary/aromatic N) is 1. The van der Waals surface area contributed by atoms with E-state index in [1.165, 1.54) is 12.1 Å². The molecule has 0 radical (unpaired) electrons. The highest BCUT2D eigenvalue weighted by Crippen LogP contribution is 2.31. The summed E-state index contributed by atoms with van der Waals surface area (Å²) in [6.07, 6.45) is -12.9. The molecule has 0 saturated heterocycles. The number of nitrogens with one attached hydrogen (secondary N) is 1. The van der Waals surface area contributed by atoms with Crippen LogP contribution in [0.1, 0.15) is 23.1 Å². The number of pyridine rings is 1. The summed E-state index contributed by atoms with van der Waals surface area (Å²) >= 11 is 0. The van der Waals surface area contributed by atoms with E-state index in [4.69, 9.17) is 14.6 Å². The molecule has 0 spiro atoms. The summed E-state index contributed by atoms with van der Waals surface area (Å²) in [6.45, 7) is 0. The number of ether oxygens (including phenoxy) is 1. The Balaban J connectivity index is 0.000000673. The summed E-state index contributed by atoms with van der Waals surface area (Å²) in [7, 11) is 0. The Kier molecular flexibility index (Phi) is 9.91. The van der Waals surface area contributed by atoms with Crippen molar-refractivity contribution in [3.05, 3.63) is 83.6 Å². The van der Waals surface area contributed by atoms with E-state index in [1.807, 2.05) is 0 Å². The molecule has 39 heavy (non-hydrogen) atoms. The maximum absolute atomic E-state index is 12.6. The first-order valence-electron chi connectivity index (χ1n) is 10.5. The largest absolute Gasteiger partial charge is 0.490 e. The monoisotopic (exact) mass is 568 g/mol. The normalized spacial score (nSPS) is 11.7. The van der Waals surface area contributed by atoms with Crippen molar-refractivity contribution in [1.29, 1.82) is 0 Å². The number of benzene rings is 2. The second kappa shape index (κ2) is 12.5. The minimum atomic E-state index is -5.08. The molecule has 15 heteroatoms. The SMILES string of the molecule is O=C(CCc1ccc(Oc2ccc(C(F)(F)F)cn2)cc1)Nc1ccc(C(F)(F)F)cc1.O=C(O)C(F)(F)F. The van der Waals surface area contributed by atoms with Gasteiger partial charge in [0.1, 0.15) is 5.75 Å². The molecule has 0 aliphatic carbocycles. The van der Waals surface area contributed by atoms with Gasteiger partial charge in [-0.1, -0.05) is 12.1 Å². The molecule has 0 atom stereocenters. The number of aromatic nitrogens is 1. The van der Waals surface area contributed by atoms with Gasteiger partial charge in [-0.15, -0.1) is 0 Å². The zero-order chi connectivity index (χ0) is 29.4. The predicted octanol–water partition coefficient (Wildman–Crippen LogP) is 7.12. The molecule has 0 unspecified atom stereocenters. The average Bonchev–Trinajstić information content (AvgIpc) is 2.83. The first-order valence-corrected chi connectivity index (χ1v) is 10.5. The molecule has 0 saturated carbocycles. The van der Waals surface area contributed by atoms with Gasteiger partial charge in [0.15, 0.2) is 0 Å². The zero-order valence-electron chi connectivity index (χ0n) is 19.3. The highest BCUT2D eigenvalue weighted by Gasteiger charge is 2.38. The van der Waals surface area contributed by atoms with E-state index < -0.39 is 35.6 Å². The predicted molar refractivity (Wildman–Crippen MR) is 118 cm³/mol. The fraction of sp³-hybridized carbons (Fsp3) is 0.208. The van der Waals surface area contributed by atoms with Gasteiger partial charge in [0.05, 0.1) is 11.1 Å². The number of hydrogen-bond donors (Lipinski definition) is 2. The van der Waals surface area contributed by atoms with E-state index in [0.29, 0.717) is 18.4 Å². The van der Waals surface area contributed by atoms with Gasteiger partial charge in [-0.2, -0.15) is 39.5 Å². The van der Waals surface area contributed by atoms with Crippen LogP contribution in [0.15, 0.2) is 66.9 Å². The Morgan fingerprint density at radius 3 is 1.72 bits per heavy atom. The molecular weight excluding hydrogens is 551 g/mol. The third-order valence-electron chi connectivity index (χ3n) is 4.59. The van der Waals surface area contributed by atoms with Crippen LogP contribution in [0, 0.1) is 0 Å². The second-order valence-electron chi connectivity index (χ2n) is 7.56. The molecule has 0 aliphatic rings. The van der Waals surface area contributed by atoms with Crippen molar-refractivity contribution in [3.63, 3.8) is 0 Å². The number of carboxylic acid groups (broad SMARTS) is 1. The molecule has 6 nitrogen and oxygen atoms in total. The quantitative estimate of drug-likeness (QED) is 0.310. The van der Waals surface area contributed by atoms with Crippen molar-refractivity contribution in [2.45, 2.75) is 31.4 Å². The van der Waals surface area contributed by atoms with Crippen LogP contribution in [0.4, 0.5) is 45.2 Å². The second-order valence-corrected chi connectivity index (χ2v) is 7.56. The standard InChI is InChI=1S/C22H16F6N2O2.C2HF3O2/c23-21(24,25)15-4-7-17(8-5-15)30-19(31)11-3-14-1-9-18(10-2-14)32-20-12-6-16(13-29-20)22(26,27)28;3-2(4,5)1(6)7/h1-2,4-10,12-13H,3,11H2,(H,30,31);(H,6,7). The van der Waals surface area contributed by atoms with Gasteiger partial charge in [0, 0.05) is 24.4 Å². The van der Waals surface area contributed by atoms with Crippen molar-refractivity contribution in [2.24, 2.45) is 0 Å². The third-order valence-corrected chi connectivity index (χ3v) is 4.59.